The molecule has 0 aliphatic heterocycles. The summed E-state index contributed by atoms with van der Waals surface area (Å²) in [5.74, 6) is 1.57. The average molecular weight is 439 g/mol. The number of rotatable bonds is 6. The van der Waals surface area contributed by atoms with Gasteiger partial charge >= 0.3 is 189 Å². The van der Waals surface area contributed by atoms with Crippen LogP contribution >= 0.6 is 7.26 Å². The maximum atomic E-state index is 5.57. The van der Waals surface area contributed by atoms with Gasteiger partial charge in [-0.3, -0.25) is 0 Å². The third-order valence-electron chi connectivity index (χ3n) is 6.12. The number of pyridine rings is 1. The van der Waals surface area contributed by atoms with E-state index in [4.69, 9.17) is 14.8 Å². The summed E-state index contributed by atoms with van der Waals surface area (Å²) in [6.07, 6.45) is 0.759. The van der Waals surface area contributed by atoms with Crippen LogP contribution in [0.3, 0.4) is 0 Å². The van der Waals surface area contributed by atoms with Crippen LogP contribution in [-0.2, 0) is 6.16 Å². The standard InChI is InChI=1S/C27H26N3OP/c1-21-18-19-25(31-2)27-28-26(29-30(21)27)20-32(22-12-6-3-7-13-22,23-14-8-4-9-15-23)24-16-10-5-11-17-24/h3-19,32H,20H2,1-2H3. The number of nitrogens with zero attached hydrogens (tertiary/aromatic N) is 3. The number of hydrogen-bond acceptors (Lipinski definition) is 3. The van der Waals surface area contributed by atoms with Gasteiger partial charge in [0.2, 0.25) is 0 Å². The molecular formula is C27H26N3OP. The predicted molar refractivity (Wildman–Crippen MR) is 135 cm³/mol. The van der Waals surface area contributed by atoms with Crippen molar-refractivity contribution in [3.63, 3.8) is 0 Å². The first kappa shape index (κ1) is 20.4. The Kier molecular flexibility index (Phi) is 5.46. The number of fused-ring (bicyclic) bond motifs is 1. The van der Waals surface area contributed by atoms with Crippen LogP contribution < -0.4 is 20.7 Å². The molecule has 0 spiro atoms. The van der Waals surface area contributed by atoms with E-state index in [0.29, 0.717) is 0 Å². The van der Waals surface area contributed by atoms with Crippen LogP contribution in [-0.4, -0.2) is 21.7 Å². The number of hydrogen-bond donors (Lipinski definition) is 0. The van der Waals surface area contributed by atoms with E-state index in [9.17, 15) is 0 Å². The van der Waals surface area contributed by atoms with Gasteiger partial charge in [0.05, 0.1) is 0 Å². The molecule has 5 aromatic rings. The summed E-state index contributed by atoms with van der Waals surface area (Å²) < 4.78 is 7.46. The van der Waals surface area contributed by atoms with Crippen molar-refractivity contribution < 1.29 is 4.74 Å². The number of aryl methyl sites for hydroxylation is 1. The van der Waals surface area contributed by atoms with Crippen molar-refractivity contribution in [3.8, 4) is 5.75 Å². The van der Waals surface area contributed by atoms with Gasteiger partial charge in [-0.1, -0.05) is 0 Å². The van der Waals surface area contributed by atoms with Crippen LogP contribution in [0.4, 0.5) is 0 Å². The van der Waals surface area contributed by atoms with Crippen molar-refractivity contribution in [2.24, 2.45) is 0 Å². The van der Waals surface area contributed by atoms with Gasteiger partial charge in [0.25, 0.3) is 0 Å². The second-order valence-electron chi connectivity index (χ2n) is 7.99. The summed E-state index contributed by atoms with van der Waals surface area (Å²) in [6, 6.07) is 36.6. The minimum absolute atomic E-state index is 0.737. The number of aromatic nitrogens is 3. The van der Waals surface area contributed by atoms with Crippen molar-refractivity contribution in [2.75, 3.05) is 7.11 Å². The fraction of sp³-hybridized carbons (Fsp3) is 0.111. The molecule has 2 aromatic heterocycles. The van der Waals surface area contributed by atoms with Crippen molar-refractivity contribution in [1.82, 2.24) is 14.6 Å². The fourth-order valence-corrected chi connectivity index (χ4v) is 9.07. The molecule has 0 saturated carbocycles. The fourth-order valence-electron chi connectivity index (χ4n) is 4.55. The molecule has 0 aliphatic rings. The summed E-state index contributed by atoms with van der Waals surface area (Å²) in [7, 11) is -0.775. The predicted octanol–water partition coefficient (Wildman–Crippen LogP) is 4.27. The summed E-state index contributed by atoms with van der Waals surface area (Å²) in [5, 5.41) is 8.98. The van der Waals surface area contributed by atoms with Gasteiger partial charge in [0.1, 0.15) is 0 Å². The molecule has 0 amide bonds. The normalized spacial score (nSPS) is 12.1. The molecule has 0 unspecified atom stereocenters. The molecule has 5 heteroatoms. The van der Waals surface area contributed by atoms with Crippen molar-refractivity contribution in [1.29, 1.82) is 0 Å². The van der Waals surface area contributed by atoms with Gasteiger partial charge in [0, 0.05) is 0 Å². The van der Waals surface area contributed by atoms with E-state index in [1.54, 1.807) is 7.11 Å². The Morgan fingerprint density at radius 2 is 1.22 bits per heavy atom. The van der Waals surface area contributed by atoms with E-state index in [1.165, 1.54) is 15.9 Å². The number of benzene rings is 3. The summed E-state index contributed by atoms with van der Waals surface area (Å²) in [5.41, 5.74) is 1.80. The van der Waals surface area contributed by atoms with Gasteiger partial charge < -0.3 is 0 Å². The quantitative estimate of drug-likeness (QED) is 0.371. The monoisotopic (exact) mass is 439 g/mol. The van der Waals surface area contributed by atoms with E-state index in [1.807, 2.05) is 23.6 Å². The Morgan fingerprint density at radius 1 is 0.719 bits per heavy atom. The molecule has 4 nitrogen and oxygen atoms in total. The summed E-state index contributed by atoms with van der Waals surface area (Å²) in [6.45, 7) is 2.04. The van der Waals surface area contributed by atoms with E-state index < -0.39 is 7.26 Å². The first-order valence-corrected chi connectivity index (χ1v) is 13.0. The van der Waals surface area contributed by atoms with Crippen molar-refractivity contribution in [2.45, 2.75) is 13.1 Å². The third-order valence-corrected chi connectivity index (χ3v) is 10.9. The van der Waals surface area contributed by atoms with Crippen LogP contribution in [0.2, 0.25) is 0 Å². The van der Waals surface area contributed by atoms with Crippen LogP contribution in [0.25, 0.3) is 5.65 Å². The van der Waals surface area contributed by atoms with E-state index in [-0.39, 0.29) is 0 Å². The van der Waals surface area contributed by atoms with Crippen LogP contribution in [0.5, 0.6) is 5.75 Å². The Hall–Kier alpha value is -3.49. The Morgan fingerprint density at radius 3 is 1.69 bits per heavy atom. The molecule has 5 rings (SSSR count). The molecule has 0 radical (unpaired) electrons. The summed E-state index contributed by atoms with van der Waals surface area (Å²) in [4.78, 5) is 4.97. The van der Waals surface area contributed by atoms with Crippen LogP contribution in [0.15, 0.2) is 103 Å². The number of methoxy groups -OCH3 is 1. The molecule has 0 aliphatic carbocycles. The van der Waals surface area contributed by atoms with Crippen LogP contribution in [0, 0.1) is 6.92 Å². The third kappa shape index (κ3) is 3.47. The van der Waals surface area contributed by atoms with Gasteiger partial charge in [-0.2, -0.15) is 0 Å². The Balaban J connectivity index is 1.77. The molecule has 32 heavy (non-hydrogen) atoms. The maximum absolute atomic E-state index is 5.57. The number of ether oxygens (including phenoxy) is 1. The van der Waals surface area contributed by atoms with Gasteiger partial charge in [-0.05, 0) is 0 Å². The molecule has 0 bridgehead atoms. The van der Waals surface area contributed by atoms with Gasteiger partial charge in [-0.15, -0.1) is 0 Å². The topological polar surface area (TPSA) is 39.4 Å². The Bertz CT molecular complexity index is 1240. The zero-order valence-electron chi connectivity index (χ0n) is 18.3. The minimum atomic E-state index is -2.45. The summed E-state index contributed by atoms with van der Waals surface area (Å²) >= 11 is 0. The van der Waals surface area contributed by atoms with Crippen molar-refractivity contribution in [3.05, 3.63) is 115 Å². The van der Waals surface area contributed by atoms with Gasteiger partial charge in [-0.25, -0.2) is 0 Å². The SMILES string of the molecule is COc1ccc(C)n2nc(C[PH](c3ccccc3)(c3ccccc3)c3ccccc3)nc12. The molecule has 0 atom stereocenters. The first-order valence-electron chi connectivity index (χ1n) is 10.8. The van der Waals surface area contributed by atoms with Gasteiger partial charge in [0.15, 0.2) is 0 Å². The molecule has 2 heterocycles. The first-order chi connectivity index (χ1) is 15.7. The Labute approximate surface area is 188 Å². The molecule has 160 valence electrons. The van der Waals surface area contributed by atoms with E-state index in [2.05, 4.69) is 91.0 Å². The zero-order chi connectivity index (χ0) is 22.0. The molecular weight excluding hydrogens is 413 g/mol. The van der Waals surface area contributed by atoms with Crippen LogP contribution in [0.1, 0.15) is 11.5 Å². The van der Waals surface area contributed by atoms with E-state index in [0.717, 1.165) is 29.1 Å². The van der Waals surface area contributed by atoms with E-state index >= 15 is 0 Å². The zero-order valence-corrected chi connectivity index (χ0v) is 19.3. The average Bonchev–Trinajstić information content (AvgIpc) is 3.29. The second kappa shape index (κ2) is 8.57. The molecule has 3 aromatic carbocycles. The second-order valence-corrected chi connectivity index (χ2v) is 11.9. The molecule has 0 fully saturated rings. The molecule has 0 N–H and O–H groups in total. The molecule has 0 saturated heterocycles. The van der Waals surface area contributed by atoms with Crippen molar-refractivity contribution >= 4 is 28.8 Å².